The van der Waals surface area contributed by atoms with Crippen molar-refractivity contribution in [3.63, 3.8) is 0 Å². The average Bonchev–Trinajstić information content (AvgIpc) is 4.11. The van der Waals surface area contributed by atoms with Gasteiger partial charge >= 0.3 is 0 Å². The highest BCUT2D eigenvalue weighted by Crippen LogP contribution is 2.50. The number of para-hydroxylation sites is 4. The zero-order valence-corrected chi connectivity index (χ0v) is 39.7. The van der Waals surface area contributed by atoms with Gasteiger partial charge in [-0.1, -0.05) is 126 Å². The minimum absolute atomic E-state index is 0.133. The minimum Gasteiger partial charge on any atom is -0.452 e. The molecule has 0 saturated carbocycles. The lowest BCUT2D eigenvalue weighted by Gasteiger charge is -2.25. The minimum atomic E-state index is -0.133. The fraction of sp³-hybridized carbons (Fsp3) is 0.161. The molecule has 0 aliphatic rings. The van der Waals surface area contributed by atoms with Crippen molar-refractivity contribution in [2.75, 3.05) is 9.80 Å². The topological polar surface area (TPSA) is 59.0 Å². The first-order chi connectivity index (χ1) is 32.8. The van der Waals surface area contributed by atoms with Gasteiger partial charge in [-0.15, -0.1) is 0 Å². The largest absolute Gasteiger partial charge is 0.452 e. The van der Waals surface area contributed by atoms with Crippen molar-refractivity contribution in [3.05, 3.63) is 192 Å². The molecule has 0 bridgehead atoms. The van der Waals surface area contributed by atoms with Crippen molar-refractivity contribution in [1.82, 2.24) is 0 Å². The van der Waals surface area contributed by atoms with Gasteiger partial charge in [0.25, 0.3) is 0 Å². The Balaban J connectivity index is 1.04. The van der Waals surface area contributed by atoms with Gasteiger partial charge in [0.1, 0.15) is 11.5 Å². The number of aryl methyl sites for hydroxylation is 2. The fourth-order valence-corrected chi connectivity index (χ4v) is 9.96. The Morgan fingerprint density at radius 1 is 0.368 bits per heavy atom. The van der Waals surface area contributed by atoms with Crippen LogP contribution in [0.3, 0.4) is 0 Å². The van der Waals surface area contributed by atoms with Gasteiger partial charge in [0.05, 0.1) is 11.4 Å². The Morgan fingerprint density at radius 2 is 0.735 bits per heavy atom. The molecule has 12 rings (SSSR count). The van der Waals surface area contributed by atoms with Crippen LogP contribution in [0.1, 0.15) is 63.8 Å². The van der Waals surface area contributed by atoms with E-state index in [-0.39, 0.29) is 10.8 Å². The second kappa shape index (κ2) is 15.3. The van der Waals surface area contributed by atoms with E-state index in [1.54, 1.807) is 0 Å². The van der Waals surface area contributed by atoms with Crippen LogP contribution in [0.4, 0.5) is 34.5 Å². The smallest absolute Gasteiger partial charge is 0.209 e. The predicted octanol–water partition coefficient (Wildman–Crippen LogP) is 18.7. The van der Waals surface area contributed by atoms with Gasteiger partial charge in [0, 0.05) is 46.8 Å². The number of fused-ring (bicyclic) bond motifs is 2. The van der Waals surface area contributed by atoms with E-state index in [1.807, 2.05) is 24.3 Å². The summed E-state index contributed by atoms with van der Waals surface area (Å²) < 4.78 is 27.3. The maximum atomic E-state index is 6.89. The molecule has 12 aromatic rings. The molecule has 0 unspecified atom stereocenters. The van der Waals surface area contributed by atoms with Gasteiger partial charge in [-0.3, -0.25) is 9.80 Å². The number of hydrogen-bond donors (Lipinski definition) is 0. The quantitative estimate of drug-likeness (QED) is 0.142. The standard InChI is InChI=1S/C62H52N2O4/c1-37-19-15-17-25-49(37)63(43-21-11-9-12-22-43)57-35-55-53(67-57)33-51(65-55)45-29-39-27-42(62(6,7)8)32-48-46(30-40-28-41(61(3,4)5)31-47(45)59(40)60(39)48)52-34-54-56(66-52)36-58(68-54)64(44-23-13-10-14-24-44)50-26-18-16-20-38(50)2/h9-36H,1-8H3. The summed E-state index contributed by atoms with van der Waals surface area (Å²) in [5.74, 6) is 2.92. The molecule has 0 aliphatic carbocycles. The fourth-order valence-electron chi connectivity index (χ4n) is 9.96. The van der Waals surface area contributed by atoms with Crippen LogP contribution in [0.2, 0.25) is 0 Å². The number of anilines is 6. The lowest BCUT2D eigenvalue weighted by Crippen LogP contribution is -2.12. The van der Waals surface area contributed by atoms with Gasteiger partial charge in [-0.05, 0) is 140 Å². The Morgan fingerprint density at radius 3 is 1.10 bits per heavy atom. The lowest BCUT2D eigenvalue weighted by molar-refractivity contribution is 0.591. The summed E-state index contributed by atoms with van der Waals surface area (Å²) in [7, 11) is 0. The zero-order valence-electron chi connectivity index (χ0n) is 39.7. The first-order valence-electron chi connectivity index (χ1n) is 23.5. The second-order valence-corrected chi connectivity index (χ2v) is 20.4. The molecular formula is C62H52N2O4. The van der Waals surface area contributed by atoms with E-state index in [0.29, 0.717) is 34.1 Å². The monoisotopic (exact) mass is 888 g/mol. The van der Waals surface area contributed by atoms with Crippen LogP contribution in [0, 0.1) is 13.8 Å². The number of rotatable bonds is 8. The molecule has 0 fully saturated rings. The van der Waals surface area contributed by atoms with Crippen molar-refractivity contribution in [1.29, 1.82) is 0 Å². The summed E-state index contributed by atoms with van der Waals surface area (Å²) in [6.45, 7) is 17.9. The van der Waals surface area contributed by atoms with Gasteiger partial charge in [-0.2, -0.15) is 0 Å². The lowest BCUT2D eigenvalue weighted by atomic mass is 9.79. The molecule has 0 radical (unpaired) electrons. The Hall–Kier alpha value is -7.96. The van der Waals surface area contributed by atoms with Crippen molar-refractivity contribution >= 4 is 89.2 Å². The van der Waals surface area contributed by atoms with Crippen molar-refractivity contribution < 1.29 is 17.7 Å². The third-order valence-electron chi connectivity index (χ3n) is 13.6. The molecule has 0 saturated heterocycles. The van der Waals surface area contributed by atoms with Crippen LogP contribution in [-0.4, -0.2) is 0 Å². The number of furan rings is 4. The SMILES string of the molecule is Cc1ccccc1N(c1ccccc1)c1cc2oc(-c3cc4cc(C(C)(C)C)cc5c(-c6cc7oc(N(c8ccccc8)c8ccccc8C)cc7o6)cc6cc(C(C)(C)C)cc3c6c45)cc2o1. The van der Waals surface area contributed by atoms with Crippen LogP contribution in [-0.2, 0) is 10.8 Å². The number of benzene rings is 8. The molecule has 68 heavy (non-hydrogen) atoms. The molecular weight excluding hydrogens is 837 g/mol. The first kappa shape index (κ1) is 41.5. The molecule has 0 N–H and O–H groups in total. The third-order valence-corrected chi connectivity index (χ3v) is 13.6. The van der Waals surface area contributed by atoms with E-state index < -0.39 is 0 Å². The molecule has 4 heterocycles. The summed E-state index contributed by atoms with van der Waals surface area (Å²) in [5, 5.41) is 6.95. The van der Waals surface area contributed by atoms with Crippen LogP contribution < -0.4 is 9.80 Å². The number of hydrogen-bond acceptors (Lipinski definition) is 6. The molecule has 0 amide bonds. The Kier molecular flexibility index (Phi) is 9.33. The highest BCUT2D eigenvalue weighted by atomic mass is 16.4. The summed E-state index contributed by atoms with van der Waals surface area (Å²) in [6.07, 6.45) is 0. The van der Waals surface area contributed by atoms with E-state index in [4.69, 9.17) is 17.7 Å². The molecule has 6 heteroatoms. The molecule has 8 aromatic carbocycles. The first-order valence-corrected chi connectivity index (χ1v) is 23.5. The summed E-state index contributed by atoms with van der Waals surface area (Å²) in [5.41, 5.74) is 13.4. The summed E-state index contributed by atoms with van der Waals surface area (Å²) in [4.78, 5) is 4.31. The van der Waals surface area contributed by atoms with Crippen molar-refractivity contribution in [3.8, 4) is 22.6 Å². The Labute approximate surface area is 396 Å². The highest BCUT2D eigenvalue weighted by molar-refractivity contribution is 6.29. The van der Waals surface area contributed by atoms with Crippen LogP contribution in [0.25, 0.3) is 77.3 Å². The van der Waals surface area contributed by atoms with Crippen LogP contribution >= 0.6 is 0 Å². The van der Waals surface area contributed by atoms with Gasteiger partial charge in [0.15, 0.2) is 22.3 Å². The maximum absolute atomic E-state index is 6.89. The second-order valence-electron chi connectivity index (χ2n) is 20.4. The van der Waals surface area contributed by atoms with Crippen molar-refractivity contribution in [2.45, 2.75) is 66.2 Å². The van der Waals surface area contributed by atoms with Gasteiger partial charge in [0.2, 0.25) is 11.8 Å². The average molecular weight is 889 g/mol. The number of nitrogens with zero attached hydrogens (tertiary/aromatic N) is 2. The van der Waals surface area contributed by atoms with Crippen molar-refractivity contribution in [2.24, 2.45) is 0 Å². The van der Waals surface area contributed by atoms with Crippen LogP contribution in [0.15, 0.2) is 188 Å². The highest BCUT2D eigenvalue weighted by Gasteiger charge is 2.28. The molecule has 6 nitrogen and oxygen atoms in total. The molecule has 4 aromatic heterocycles. The van der Waals surface area contributed by atoms with E-state index in [2.05, 4.69) is 211 Å². The van der Waals surface area contributed by atoms with E-state index in [9.17, 15) is 0 Å². The van der Waals surface area contributed by atoms with Gasteiger partial charge in [-0.25, -0.2) is 0 Å². The predicted molar refractivity (Wildman–Crippen MR) is 281 cm³/mol. The summed E-state index contributed by atoms with van der Waals surface area (Å²) >= 11 is 0. The molecule has 334 valence electrons. The normalized spacial score (nSPS) is 12.4. The van der Waals surface area contributed by atoms with Crippen LogP contribution in [0.5, 0.6) is 0 Å². The Bertz CT molecular complexity index is 3530. The van der Waals surface area contributed by atoms with E-state index in [0.717, 1.165) is 78.1 Å². The molecule has 0 aliphatic heterocycles. The summed E-state index contributed by atoms with van der Waals surface area (Å²) in [6, 6.07) is 59.7. The van der Waals surface area contributed by atoms with Gasteiger partial charge < -0.3 is 17.7 Å². The third kappa shape index (κ3) is 6.85. The maximum Gasteiger partial charge on any atom is 0.209 e. The van der Waals surface area contributed by atoms with E-state index >= 15 is 0 Å². The molecule has 0 spiro atoms. The zero-order chi connectivity index (χ0) is 46.6. The molecule has 0 atom stereocenters. The van der Waals surface area contributed by atoms with E-state index in [1.165, 1.54) is 21.9 Å².